The summed E-state index contributed by atoms with van der Waals surface area (Å²) in [4.78, 5) is 15.6. The van der Waals surface area contributed by atoms with Crippen LogP contribution in [0.4, 0.5) is 10.1 Å². The molecule has 3 rings (SSSR count). The van der Waals surface area contributed by atoms with Crippen LogP contribution >= 0.6 is 0 Å². The first-order valence-electron chi connectivity index (χ1n) is 7.73. The van der Waals surface area contributed by atoms with Gasteiger partial charge in [-0.1, -0.05) is 5.16 Å². The molecule has 0 amide bonds. The molecule has 0 unspecified atom stereocenters. The van der Waals surface area contributed by atoms with Crippen molar-refractivity contribution in [2.24, 2.45) is 0 Å². The first kappa shape index (κ1) is 15.7. The predicted molar refractivity (Wildman–Crippen MR) is 85.1 cm³/mol. The maximum absolute atomic E-state index is 14.2. The number of halogens is 1. The van der Waals surface area contributed by atoms with Gasteiger partial charge in [0.2, 0.25) is 0 Å². The number of aryl methyl sites for hydroxylation is 1. The van der Waals surface area contributed by atoms with E-state index in [0.29, 0.717) is 11.3 Å². The first-order chi connectivity index (χ1) is 11.0. The third-order valence-corrected chi connectivity index (χ3v) is 4.13. The van der Waals surface area contributed by atoms with Crippen molar-refractivity contribution in [3.05, 3.63) is 47.1 Å². The molecule has 2 heterocycles. The van der Waals surface area contributed by atoms with Crippen LogP contribution < -0.4 is 4.90 Å². The fourth-order valence-corrected chi connectivity index (χ4v) is 2.85. The zero-order chi connectivity index (χ0) is 16.4. The maximum Gasteiger partial charge on any atom is 0.159 e. The van der Waals surface area contributed by atoms with Gasteiger partial charge < -0.3 is 9.42 Å². The highest BCUT2D eigenvalue weighted by Gasteiger charge is 2.20. The predicted octanol–water partition coefficient (Wildman–Crippen LogP) is 2.65. The number of hydrogen-bond acceptors (Lipinski definition) is 5. The van der Waals surface area contributed by atoms with Crippen molar-refractivity contribution in [1.82, 2.24) is 10.1 Å². The fourth-order valence-electron chi connectivity index (χ4n) is 2.85. The molecule has 0 spiro atoms. The minimum atomic E-state index is -0.335. The van der Waals surface area contributed by atoms with Crippen LogP contribution in [0.25, 0.3) is 0 Å². The van der Waals surface area contributed by atoms with Crippen LogP contribution in [0.5, 0.6) is 0 Å². The Bertz CT molecular complexity index is 706. The average Bonchev–Trinajstić information content (AvgIpc) is 2.93. The zero-order valence-corrected chi connectivity index (χ0v) is 13.4. The van der Waals surface area contributed by atoms with Crippen LogP contribution in [0.3, 0.4) is 0 Å². The lowest BCUT2D eigenvalue weighted by molar-refractivity contribution is 0.101. The van der Waals surface area contributed by atoms with Crippen molar-refractivity contribution in [1.29, 1.82) is 0 Å². The normalized spacial score (nSPS) is 15.9. The second kappa shape index (κ2) is 6.50. The van der Waals surface area contributed by atoms with Gasteiger partial charge in [-0.3, -0.25) is 9.69 Å². The average molecular weight is 317 g/mol. The van der Waals surface area contributed by atoms with Crippen molar-refractivity contribution in [3.8, 4) is 0 Å². The summed E-state index contributed by atoms with van der Waals surface area (Å²) in [6.45, 7) is 7.22. The van der Waals surface area contributed by atoms with Gasteiger partial charge in [0, 0.05) is 44.4 Å². The smallest absolute Gasteiger partial charge is 0.159 e. The molecule has 1 aliphatic rings. The summed E-state index contributed by atoms with van der Waals surface area (Å²) in [6.07, 6.45) is 0. The molecule has 6 heteroatoms. The second-order valence-corrected chi connectivity index (χ2v) is 5.91. The first-order valence-corrected chi connectivity index (χ1v) is 7.73. The highest BCUT2D eigenvalue weighted by molar-refractivity contribution is 5.94. The van der Waals surface area contributed by atoms with Crippen molar-refractivity contribution >= 4 is 11.5 Å². The molecule has 5 nitrogen and oxygen atoms in total. The standard InChI is InChI=1S/C17H20FN3O2/c1-12-9-15(19-23-12)11-20-5-7-21(8-6-20)17-4-3-14(13(2)22)10-16(17)18/h3-4,9-10H,5-8,11H2,1-2H3. The Morgan fingerprint density at radius 3 is 2.57 bits per heavy atom. The van der Waals surface area contributed by atoms with E-state index in [1.54, 1.807) is 12.1 Å². The molecular weight excluding hydrogens is 297 g/mol. The summed E-state index contributed by atoms with van der Waals surface area (Å²) in [5.74, 6) is 0.354. The minimum absolute atomic E-state index is 0.122. The van der Waals surface area contributed by atoms with Gasteiger partial charge in [-0.25, -0.2) is 4.39 Å². The van der Waals surface area contributed by atoms with Gasteiger partial charge in [-0.15, -0.1) is 0 Å². The van der Waals surface area contributed by atoms with Crippen molar-refractivity contribution in [2.75, 3.05) is 31.1 Å². The van der Waals surface area contributed by atoms with Gasteiger partial charge in [0.05, 0.1) is 11.4 Å². The Balaban J connectivity index is 1.61. The number of carbonyl (C=O) groups is 1. The monoisotopic (exact) mass is 317 g/mol. The molecule has 0 saturated carbocycles. The number of hydrogen-bond donors (Lipinski definition) is 0. The highest BCUT2D eigenvalue weighted by atomic mass is 19.1. The molecule has 1 aliphatic heterocycles. The van der Waals surface area contributed by atoms with Crippen LogP contribution in [-0.4, -0.2) is 42.0 Å². The summed E-state index contributed by atoms with van der Waals surface area (Å²) >= 11 is 0. The number of piperazine rings is 1. The van der Waals surface area contributed by atoms with Gasteiger partial charge in [0.1, 0.15) is 11.6 Å². The fraction of sp³-hybridized carbons (Fsp3) is 0.412. The number of nitrogens with zero attached hydrogens (tertiary/aromatic N) is 3. The van der Waals surface area contributed by atoms with Gasteiger partial charge in [0.25, 0.3) is 0 Å². The number of carbonyl (C=O) groups excluding carboxylic acids is 1. The molecule has 0 radical (unpaired) electrons. The molecule has 0 N–H and O–H groups in total. The number of benzene rings is 1. The van der Waals surface area contributed by atoms with E-state index in [1.165, 1.54) is 13.0 Å². The van der Waals surface area contributed by atoms with Crippen molar-refractivity contribution in [3.63, 3.8) is 0 Å². The van der Waals surface area contributed by atoms with E-state index in [1.807, 2.05) is 17.9 Å². The largest absolute Gasteiger partial charge is 0.367 e. The van der Waals surface area contributed by atoms with E-state index >= 15 is 0 Å². The van der Waals surface area contributed by atoms with Crippen LogP contribution in [0, 0.1) is 12.7 Å². The summed E-state index contributed by atoms with van der Waals surface area (Å²) < 4.78 is 19.3. The van der Waals surface area contributed by atoms with Gasteiger partial charge in [-0.2, -0.15) is 0 Å². The van der Waals surface area contributed by atoms with E-state index in [4.69, 9.17) is 4.52 Å². The zero-order valence-electron chi connectivity index (χ0n) is 13.4. The Morgan fingerprint density at radius 1 is 1.26 bits per heavy atom. The van der Waals surface area contributed by atoms with Crippen molar-refractivity contribution < 1.29 is 13.7 Å². The molecule has 2 aromatic rings. The van der Waals surface area contributed by atoms with E-state index < -0.39 is 0 Å². The minimum Gasteiger partial charge on any atom is -0.367 e. The molecule has 0 bridgehead atoms. The van der Waals surface area contributed by atoms with E-state index in [2.05, 4.69) is 10.1 Å². The topological polar surface area (TPSA) is 49.6 Å². The number of aromatic nitrogens is 1. The molecule has 0 aliphatic carbocycles. The number of Topliss-reactive ketones (excluding diaryl/α,β-unsaturated/α-hetero) is 1. The van der Waals surface area contributed by atoms with E-state index in [-0.39, 0.29) is 11.6 Å². The molecule has 1 fully saturated rings. The molecule has 23 heavy (non-hydrogen) atoms. The Morgan fingerprint density at radius 2 is 2.00 bits per heavy atom. The lowest BCUT2D eigenvalue weighted by atomic mass is 10.1. The van der Waals surface area contributed by atoms with E-state index in [0.717, 1.165) is 44.2 Å². The van der Waals surface area contributed by atoms with Crippen LogP contribution in [0.15, 0.2) is 28.8 Å². The third kappa shape index (κ3) is 3.59. The Hall–Kier alpha value is -2.21. The summed E-state index contributed by atoms with van der Waals surface area (Å²) in [5, 5.41) is 4.01. The van der Waals surface area contributed by atoms with Crippen molar-refractivity contribution in [2.45, 2.75) is 20.4 Å². The van der Waals surface area contributed by atoms with Crippen LogP contribution in [-0.2, 0) is 6.54 Å². The Kier molecular flexibility index (Phi) is 4.43. The molecule has 0 atom stereocenters. The SMILES string of the molecule is CC(=O)c1ccc(N2CCN(Cc3cc(C)on3)CC2)c(F)c1. The highest BCUT2D eigenvalue weighted by Crippen LogP contribution is 2.22. The second-order valence-electron chi connectivity index (χ2n) is 5.91. The third-order valence-electron chi connectivity index (χ3n) is 4.13. The maximum atomic E-state index is 14.2. The summed E-state index contributed by atoms with van der Waals surface area (Å²) in [6, 6.07) is 6.64. The number of rotatable bonds is 4. The molecule has 1 saturated heterocycles. The lowest BCUT2D eigenvalue weighted by Gasteiger charge is -2.35. The molecular formula is C17H20FN3O2. The Labute approximate surface area is 134 Å². The summed E-state index contributed by atoms with van der Waals surface area (Å²) in [7, 11) is 0. The number of ketones is 1. The van der Waals surface area contributed by atoms with Gasteiger partial charge in [0.15, 0.2) is 5.78 Å². The van der Waals surface area contributed by atoms with Crippen LogP contribution in [0.2, 0.25) is 0 Å². The van der Waals surface area contributed by atoms with E-state index in [9.17, 15) is 9.18 Å². The molecule has 122 valence electrons. The number of anilines is 1. The summed E-state index contributed by atoms with van der Waals surface area (Å²) in [5.41, 5.74) is 1.89. The van der Waals surface area contributed by atoms with Gasteiger partial charge >= 0.3 is 0 Å². The molecule has 1 aromatic carbocycles. The molecule has 1 aromatic heterocycles. The van der Waals surface area contributed by atoms with Crippen LogP contribution in [0.1, 0.15) is 28.7 Å². The lowest BCUT2D eigenvalue weighted by Crippen LogP contribution is -2.46. The quantitative estimate of drug-likeness (QED) is 0.812. The van der Waals surface area contributed by atoms with Gasteiger partial charge in [-0.05, 0) is 32.0 Å².